The van der Waals surface area contributed by atoms with E-state index in [9.17, 15) is 9.59 Å². The van der Waals surface area contributed by atoms with Gasteiger partial charge in [-0.3, -0.25) is 9.59 Å². The van der Waals surface area contributed by atoms with Crippen molar-refractivity contribution in [3.8, 4) is 0 Å². The summed E-state index contributed by atoms with van der Waals surface area (Å²) >= 11 is 6.06. The van der Waals surface area contributed by atoms with Gasteiger partial charge in [0.1, 0.15) is 5.58 Å². The van der Waals surface area contributed by atoms with Gasteiger partial charge in [-0.2, -0.15) is 0 Å². The molecule has 0 atom stereocenters. The van der Waals surface area contributed by atoms with Crippen molar-refractivity contribution >= 4 is 40.1 Å². The number of aryl methyl sites for hydroxylation is 1. The summed E-state index contributed by atoms with van der Waals surface area (Å²) in [7, 11) is 0. The molecule has 1 aliphatic rings. The number of nitrogens with one attached hydrogen (secondary N) is 1. The summed E-state index contributed by atoms with van der Waals surface area (Å²) in [5, 5.41) is 4.30. The highest BCUT2D eigenvalue weighted by Gasteiger charge is 2.23. The highest BCUT2D eigenvalue weighted by Crippen LogP contribution is 2.25. The molecule has 6 nitrogen and oxygen atoms in total. The third-order valence-electron chi connectivity index (χ3n) is 5.26. The molecule has 1 fully saturated rings. The minimum atomic E-state index is -0.371. The first-order valence-corrected chi connectivity index (χ1v) is 9.95. The fourth-order valence-corrected chi connectivity index (χ4v) is 3.81. The van der Waals surface area contributed by atoms with E-state index < -0.39 is 0 Å². The van der Waals surface area contributed by atoms with Crippen LogP contribution >= 0.6 is 11.6 Å². The number of nitrogens with zero attached hydrogens (tertiary/aromatic N) is 2. The third kappa shape index (κ3) is 4.07. The molecule has 2 amide bonds. The van der Waals surface area contributed by atoms with Crippen LogP contribution in [0.15, 0.2) is 52.9 Å². The fourth-order valence-electron chi connectivity index (χ4n) is 3.63. The Morgan fingerprint density at radius 2 is 1.83 bits per heavy atom. The summed E-state index contributed by atoms with van der Waals surface area (Å²) in [5.41, 5.74) is 2.50. The number of anilines is 1. The molecule has 3 aromatic rings. The van der Waals surface area contributed by atoms with E-state index in [2.05, 4.69) is 10.2 Å². The highest BCUT2D eigenvalue weighted by molar-refractivity contribution is 6.30. The van der Waals surface area contributed by atoms with Gasteiger partial charge in [-0.15, -0.1) is 0 Å². The number of para-hydroxylation sites is 1. The number of benzene rings is 2. The smallest absolute Gasteiger partial charge is 0.287 e. The number of furan rings is 1. The average Bonchev–Trinajstić information content (AvgIpc) is 3.09. The van der Waals surface area contributed by atoms with Crippen LogP contribution in [0.2, 0.25) is 5.02 Å². The molecule has 0 unspecified atom stereocenters. The predicted molar refractivity (Wildman–Crippen MR) is 114 cm³/mol. The van der Waals surface area contributed by atoms with Gasteiger partial charge in [-0.05, 0) is 31.2 Å². The van der Waals surface area contributed by atoms with E-state index in [1.807, 2.05) is 55.5 Å². The number of halogens is 1. The zero-order valence-electron chi connectivity index (χ0n) is 16.2. The first-order chi connectivity index (χ1) is 14.0. The molecular formula is C22H22ClN3O3. The quantitative estimate of drug-likeness (QED) is 0.713. The molecule has 1 aromatic heterocycles. The lowest BCUT2D eigenvalue weighted by Gasteiger charge is -2.36. The summed E-state index contributed by atoms with van der Waals surface area (Å²) in [6.45, 7) is 4.45. The number of hydrogen-bond acceptors (Lipinski definition) is 4. The first kappa shape index (κ1) is 19.3. The van der Waals surface area contributed by atoms with E-state index >= 15 is 0 Å². The highest BCUT2D eigenvalue weighted by atomic mass is 35.5. The monoisotopic (exact) mass is 411 g/mol. The Labute approximate surface area is 174 Å². The van der Waals surface area contributed by atoms with Crippen molar-refractivity contribution in [1.82, 2.24) is 10.2 Å². The van der Waals surface area contributed by atoms with Gasteiger partial charge < -0.3 is 19.5 Å². The zero-order chi connectivity index (χ0) is 20.4. The molecule has 0 saturated carbocycles. The minimum Gasteiger partial charge on any atom is -0.451 e. The van der Waals surface area contributed by atoms with Crippen molar-refractivity contribution in [2.45, 2.75) is 6.92 Å². The normalized spacial score (nSPS) is 14.3. The van der Waals surface area contributed by atoms with E-state index in [0.29, 0.717) is 23.7 Å². The Balaban J connectivity index is 1.32. The minimum absolute atomic E-state index is 0.0491. The van der Waals surface area contributed by atoms with Crippen molar-refractivity contribution in [3.63, 3.8) is 0 Å². The van der Waals surface area contributed by atoms with E-state index in [-0.39, 0.29) is 24.1 Å². The maximum absolute atomic E-state index is 12.5. The number of hydrogen-bond donors (Lipinski definition) is 1. The van der Waals surface area contributed by atoms with Crippen LogP contribution in [0, 0.1) is 6.92 Å². The van der Waals surface area contributed by atoms with Crippen molar-refractivity contribution in [2.24, 2.45) is 0 Å². The zero-order valence-corrected chi connectivity index (χ0v) is 16.9. The fraction of sp³-hybridized carbons (Fsp3) is 0.273. The predicted octanol–water partition coefficient (Wildman–Crippen LogP) is 3.47. The van der Waals surface area contributed by atoms with E-state index in [1.54, 1.807) is 4.90 Å². The summed E-state index contributed by atoms with van der Waals surface area (Å²) in [6, 6.07) is 15.2. The number of rotatable bonds is 4. The first-order valence-electron chi connectivity index (χ1n) is 9.57. The van der Waals surface area contributed by atoms with Crippen molar-refractivity contribution in [1.29, 1.82) is 0 Å². The van der Waals surface area contributed by atoms with Crippen LogP contribution < -0.4 is 10.2 Å². The molecule has 0 bridgehead atoms. The Bertz CT molecular complexity index is 1050. The van der Waals surface area contributed by atoms with Gasteiger partial charge >= 0.3 is 0 Å². The molecule has 1 saturated heterocycles. The molecule has 0 aliphatic carbocycles. The average molecular weight is 412 g/mol. The van der Waals surface area contributed by atoms with Crippen LogP contribution in [-0.2, 0) is 4.79 Å². The van der Waals surface area contributed by atoms with Crippen molar-refractivity contribution < 1.29 is 14.0 Å². The Morgan fingerprint density at radius 1 is 1.07 bits per heavy atom. The van der Waals surface area contributed by atoms with Crippen LogP contribution in [0.1, 0.15) is 16.1 Å². The molecule has 2 heterocycles. The molecule has 29 heavy (non-hydrogen) atoms. The molecular weight excluding hydrogens is 390 g/mol. The standard InChI is InChI=1S/C22H22ClN3O3/c1-15-18-7-2-3-8-19(18)29-21(15)22(28)24-14-20(27)26-11-9-25(10-12-26)17-6-4-5-16(23)13-17/h2-8,13H,9-12,14H2,1H3,(H,24,28). The second-order valence-electron chi connectivity index (χ2n) is 7.08. The SMILES string of the molecule is Cc1c(C(=O)NCC(=O)N2CCN(c3cccc(Cl)c3)CC2)oc2ccccc12. The van der Waals surface area contributed by atoms with Gasteiger partial charge in [0, 0.05) is 47.8 Å². The number of carbonyl (C=O) groups excluding carboxylic acids is 2. The van der Waals surface area contributed by atoms with Gasteiger partial charge in [0.25, 0.3) is 5.91 Å². The number of piperazine rings is 1. The third-order valence-corrected chi connectivity index (χ3v) is 5.49. The second kappa shape index (κ2) is 8.17. The Morgan fingerprint density at radius 3 is 2.55 bits per heavy atom. The largest absolute Gasteiger partial charge is 0.451 e. The van der Waals surface area contributed by atoms with E-state index in [4.69, 9.17) is 16.0 Å². The molecule has 0 radical (unpaired) electrons. The molecule has 4 rings (SSSR count). The maximum atomic E-state index is 12.5. The van der Waals surface area contributed by atoms with E-state index in [0.717, 1.165) is 29.7 Å². The Hall–Kier alpha value is -2.99. The lowest BCUT2D eigenvalue weighted by atomic mass is 10.1. The van der Waals surface area contributed by atoms with Crippen LogP contribution in [0.25, 0.3) is 11.0 Å². The maximum Gasteiger partial charge on any atom is 0.287 e. The molecule has 0 spiro atoms. The van der Waals surface area contributed by atoms with Gasteiger partial charge in [0.2, 0.25) is 5.91 Å². The van der Waals surface area contributed by atoms with Gasteiger partial charge in [0.15, 0.2) is 5.76 Å². The lowest BCUT2D eigenvalue weighted by molar-refractivity contribution is -0.130. The van der Waals surface area contributed by atoms with E-state index in [1.165, 1.54) is 0 Å². The number of carbonyl (C=O) groups is 2. The Kier molecular flexibility index (Phi) is 5.45. The summed E-state index contributed by atoms with van der Waals surface area (Å²) in [5.74, 6) is -0.216. The van der Waals surface area contributed by atoms with Gasteiger partial charge in [-0.25, -0.2) is 0 Å². The van der Waals surface area contributed by atoms with Gasteiger partial charge in [-0.1, -0.05) is 35.9 Å². The summed E-state index contributed by atoms with van der Waals surface area (Å²) < 4.78 is 5.66. The molecule has 2 aromatic carbocycles. The van der Waals surface area contributed by atoms with Crippen LogP contribution in [0.4, 0.5) is 5.69 Å². The number of fused-ring (bicyclic) bond motifs is 1. The second-order valence-corrected chi connectivity index (χ2v) is 7.52. The van der Waals surface area contributed by atoms with Gasteiger partial charge in [0.05, 0.1) is 6.54 Å². The van der Waals surface area contributed by atoms with Crippen molar-refractivity contribution in [2.75, 3.05) is 37.6 Å². The van der Waals surface area contributed by atoms with Crippen LogP contribution in [0.5, 0.6) is 0 Å². The molecule has 1 N–H and O–H groups in total. The molecule has 150 valence electrons. The van der Waals surface area contributed by atoms with Crippen LogP contribution in [0.3, 0.4) is 0 Å². The number of amides is 2. The summed E-state index contributed by atoms with van der Waals surface area (Å²) in [6.07, 6.45) is 0. The topological polar surface area (TPSA) is 65.8 Å². The van der Waals surface area contributed by atoms with Crippen LogP contribution in [-0.4, -0.2) is 49.4 Å². The molecule has 7 heteroatoms. The lowest BCUT2D eigenvalue weighted by Crippen LogP contribution is -2.51. The summed E-state index contributed by atoms with van der Waals surface area (Å²) in [4.78, 5) is 29.0. The van der Waals surface area contributed by atoms with Crippen molar-refractivity contribution in [3.05, 3.63) is 64.9 Å². The molecule has 1 aliphatic heterocycles.